The van der Waals surface area contributed by atoms with E-state index in [2.05, 4.69) is 27.7 Å². The highest BCUT2D eigenvalue weighted by Gasteiger charge is 2.41. The lowest BCUT2D eigenvalue weighted by Crippen LogP contribution is -2.41. The molecule has 5 nitrogen and oxygen atoms in total. The standard InChI is InChI=1S/C21H39NO4Si2/c1-20(2,27(5,6)25)13-16-10-9-15(12-18(22)19(23)24)11-17(16)14-21(3,4)28(7,8)26/h9-11,18,25-26H,12-14,22H2,1-8H3,(H,23,24). The van der Waals surface area contributed by atoms with E-state index in [0.717, 1.165) is 23.1 Å². The number of aliphatic carboxylic acids is 1. The van der Waals surface area contributed by atoms with Crippen molar-refractivity contribution < 1.29 is 19.5 Å². The monoisotopic (exact) mass is 425 g/mol. The van der Waals surface area contributed by atoms with Crippen molar-refractivity contribution in [1.82, 2.24) is 0 Å². The molecule has 28 heavy (non-hydrogen) atoms. The van der Waals surface area contributed by atoms with Gasteiger partial charge < -0.3 is 20.4 Å². The van der Waals surface area contributed by atoms with Gasteiger partial charge in [0.05, 0.1) is 0 Å². The van der Waals surface area contributed by atoms with Crippen molar-refractivity contribution in [3.8, 4) is 0 Å². The largest absolute Gasteiger partial charge is 0.480 e. The Balaban J connectivity index is 3.37. The average molecular weight is 426 g/mol. The molecular formula is C21H39NO4Si2. The molecule has 0 saturated carbocycles. The molecule has 5 N–H and O–H groups in total. The van der Waals surface area contributed by atoms with E-state index in [1.807, 2.05) is 44.4 Å². The van der Waals surface area contributed by atoms with E-state index in [0.29, 0.717) is 6.42 Å². The van der Waals surface area contributed by atoms with Gasteiger partial charge in [-0.05, 0) is 72.2 Å². The van der Waals surface area contributed by atoms with E-state index in [1.165, 1.54) is 0 Å². The summed E-state index contributed by atoms with van der Waals surface area (Å²) in [6.45, 7) is 16.2. The number of hydrogen-bond donors (Lipinski definition) is 4. The van der Waals surface area contributed by atoms with Crippen molar-refractivity contribution in [2.45, 2.75) is 89.3 Å². The molecule has 0 aromatic heterocycles. The normalized spacial score (nSPS) is 14.8. The van der Waals surface area contributed by atoms with Crippen LogP contribution in [-0.4, -0.2) is 43.3 Å². The van der Waals surface area contributed by atoms with Crippen LogP contribution in [-0.2, 0) is 24.1 Å². The first-order valence-corrected chi connectivity index (χ1v) is 15.8. The molecule has 0 radical (unpaired) electrons. The molecule has 1 rings (SSSR count). The van der Waals surface area contributed by atoms with Gasteiger partial charge in [0, 0.05) is 0 Å². The van der Waals surface area contributed by atoms with Crippen molar-refractivity contribution >= 4 is 22.6 Å². The molecule has 1 aromatic carbocycles. The highest BCUT2D eigenvalue weighted by Crippen LogP contribution is 2.43. The molecule has 0 spiro atoms. The van der Waals surface area contributed by atoms with Gasteiger partial charge in [-0.15, -0.1) is 0 Å². The Morgan fingerprint density at radius 3 is 1.79 bits per heavy atom. The maximum absolute atomic E-state index is 11.1. The Hall–Kier alpha value is -0.996. The molecule has 0 fully saturated rings. The van der Waals surface area contributed by atoms with Crippen molar-refractivity contribution in [1.29, 1.82) is 0 Å². The van der Waals surface area contributed by atoms with Crippen LogP contribution in [0.5, 0.6) is 0 Å². The van der Waals surface area contributed by atoms with Gasteiger partial charge in [0.1, 0.15) is 6.04 Å². The van der Waals surface area contributed by atoms with Gasteiger partial charge in [0.25, 0.3) is 0 Å². The van der Waals surface area contributed by atoms with Crippen LogP contribution in [0.4, 0.5) is 0 Å². The first-order valence-electron chi connectivity index (χ1n) is 9.91. The maximum atomic E-state index is 11.1. The molecule has 0 saturated heterocycles. The van der Waals surface area contributed by atoms with Crippen LogP contribution in [0.25, 0.3) is 0 Å². The highest BCUT2D eigenvalue weighted by molar-refractivity contribution is 6.73. The van der Waals surface area contributed by atoms with Crippen LogP contribution >= 0.6 is 0 Å². The SMILES string of the molecule is CC(C)(Cc1ccc(CC(N)C(=O)O)cc1CC(C)(C)[Si](C)(C)O)[Si](C)(C)O. The number of rotatable bonds is 9. The van der Waals surface area contributed by atoms with Crippen LogP contribution in [0, 0.1) is 0 Å². The van der Waals surface area contributed by atoms with Crippen molar-refractivity contribution in [2.24, 2.45) is 5.73 Å². The highest BCUT2D eigenvalue weighted by atomic mass is 28.4. The zero-order valence-electron chi connectivity index (χ0n) is 18.8. The zero-order chi connectivity index (χ0) is 22.1. The fourth-order valence-electron chi connectivity index (χ4n) is 2.87. The summed E-state index contributed by atoms with van der Waals surface area (Å²) < 4.78 is 0. The molecule has 160 valence electrons. The second-order valence-corrected chi connectivity index (χ2v) is 19.4. The fraction of sp³-hybridized carbons (Fsp3) is 0.667. The van der Waals surface area contributed by atoms with E-state index in [9.17, 15) is 14.4 Å². The quantitative estimate of drug-likeness (QED) is 0.452. The van der Waals surface area contributed by atoms with Gasteiger partial charge in [-0.1, -0.05) is 45.9 Å². The first kappa shape index (κ1) is 25.0. The molecule has 0 aliphatic carbocycles. The number of nitrogens with two attached hydrogens (primary N) is 1. The van der Waals surface area contributed by atoms with Gasteiger partial charge in [-0.3, -0.25) is 4.79 Å². The minimum atomic E-state index is -2.41. The lowest BCUT2D eigenvalue weighted by Gasteiger charge is -2.38. The van der Waals surface area contributed by atoms with Crippen molar-refractivity contribution in [3.05, 3.63) is 34.9 Å². The molecule has 0 bridgehead atoms. The summed E-state index contributed by atoms with van der Waals surface area (Å²) >= 11 is 0. The lowest BCUT2D eigenvalue weighted by atomic mass is 9.89. The van der Waals surface area contributed by atoms with Crippen LogP contribution < -0.4 is 5.73 Å². The summed E-state index contributed by atoms with van der Waals surface area (Å²) in [6.07, 6.45) is 1.72. The number of carboxylic acid groups (broad SMARTS) is 1. The second kappa shape index (κ2) is 8.40. The van der Waals surface area contributed by atoms with E-state index in [4.69, 9.17) is 10.8 Å². The number of carboxylic acids is 1. The number of benzene rings is 1. The summed E-state index contributed by atoms with van der Waals surface area (Å²) in [6, 6.07) is 5.10. The van der Waals surface area contributed by atoms with Gasteiger partial charge in [0.15, 0.2) is 16.6 Å². The topological polar surface area (TPSA) is 104 Å². The summed E-state index contributed by atoms with van der Waals surface area (Å²) in [4.78, 5) is 32.6. The van der Waals surface area contributed by atoms with Crippen molar-refractivity contribution in [2.75, 3.05) is 0 Å². The van der Waals surface area contributed by atoms with Gasteiger partial charge in [0.2, 0.25) is 0 Å². The van der Waals surface area contributed by atoms with Crippen LogP contribution in [0.1, 0.15) is 44.4 Å². The molecule has 0 aliphatic heterocycles. The molecular weight excluding hydrogens is 386 g/mol. The average Bonchev–Trinajstić information content (AvgIpc) is 2.46. The second-order valence-electron chi connectivity index (χ2n) is 10.5. The van der Waals surface area contributed by atoms with Gasteiger partial charge in [-0.2, -0.15) is 0 Å². The Kier molecular flexibility index (Phi) is 7.51. The van der Waals surface area contributed by atoms with E-state index in [-0.39, 0.29) is 16.5 Å². The smallest absolute Gasteiger partial charge is 0.320 e. The van der Waals surface area contributed by atoms with E-state index in [1.54, 1.807) is 0 Å². The Morgan fingerprint density at radius 1 is 0.964 bits per heavy atom. The number of carbonyl (C=O) groups is 1. The third-order valence-corrected chi connectivity index (χ3v) is 13.6. The maximum Gasteiger partial charge on any atom is 0.320 e. The predicted octanol–water partition coefficient (Wildman–Crippen LogP) is 3.68. The van der Waals surface area contributed by atoms with Gasteiger partial charge in [-0.25, -0.2) is 0 Å². The predicted molar refractivity (Wildman–Crippen MR) is 121 cm³/mol. The zero-order valence-corrected chi connectivity index (χ0v) is 20.8. The lowest BCUT2D eigenvalue weighted by molar-refractivity contribution is -0.138. The molecule has 1 aromatic rings. The van der Waals surface area contributed by atoms with Crippen LogP contribution in [0.3, 0.4) is 0 Å². The van der Waals surface area contributed by atoms with Crippen LogP contribution in [0.15, 0.2) is 18.2 Å². The molecule has 1 unspecified atom stereocenters. The Bertz CT molecular complexity index is 703. The molecule has 1 atom stereocenters. The summed E-state index contributed by atoms with van der Waals surface area (Å²) in [5.41, 5.74) is 8.88. The number of hydrogen-bond acceptors (Lipinski definition) is 4. The molecule has 0 aliphatic rings. The fourth-order valence-corrected chi connectivity index (χ4v) is 4.12. The summed E-state index contributed by atoms with van der Waals surface area (Å²) in [7, 11) is -4.79. The van der Waals surface area contributed by atoms with E-state index < -0.39 is 28.6 Å². The Morgan fingerprint density at radius 2 is 1.39 bits per heavy atom. The third kappa shape index (κ3) is 6.25. The minimum absolute atomic E-state index is 0.211. The third-order valence-electron chi connectivity index (χ3n) is 6.62. The Labute approximate surface area is 172 Å². The molecule has 0 heterocycles. The molecule has 0 amide bonds. The van der Waals surface area contributed by atoms with E-state index >= 15 is 0 Å². The molecule has 7 heteroatoms. The minimum Gasteiger partial charge on any atom is -0.480 e. The summed E-state index contributed by atoms with van der Waals surface area (Å²) in [5, 5.41) is 8.67. The first-order chi connectivity index (χ1) is 12.4. The van der Waals surface area contributed by atoms with Crippen molar-refractivity contribution in [3.63, 3.8) is 0 Å². The van der Waals surface area contributed by atoms with Crippen LogP contribution in [0.2, 0.25) is 36.3 Å². The summed E-state index contributed by atoms with van der Waals surface area (Å²) in [5.74, 6) is -1.01. The van der Waals surface area contributed by atoms with Gasteiger partial charge >= 0.3 is 5.97 Å².